The second-order valence-electron chi connectivity index (χ2n) is 9.14. The van der Waals surface area contributed by atoms with E-state index < -0.39 is 17.8 Å². The van der Waals surface area contributed by atoms with Crippen molar-refractivity contribution in [3.63, 3.8) is 0 Å². The van der Waals surface area contributed by atoms with Gasteiger partial charge in [0.2, 0.25) is 0 Å². The van der Waals surface area contributed by atoms with Crippen molar-refractivity contribution >= 4 is 22.7 Å². The first-order chi connectivity index (χ1) is 18.3. The van der Waals surface area contributed by atoms with Gasteiger partial charge in [-0.3, -0.25) is 0 Å². The number of benzene rings is 3. The van der Waals surface area contributed by atoms with Crippen LogP contribution in [0.2, 0.25) is 0 Å². The lowest BCUT2D eigenvalue weighted by Gasteiger charge is -2.13. The average molecular weight is 531 g/mol. The lowest BCUT2D eigenvalue weighted by Crippen LogP contribution is -2.07. The van der Waals surface area contributed by atoms with E-state index in [1.54, 1.807) is 46.8 Å². The Morgan fingerprint density at radius 3 is 1.67 bits per heavy atom. The first kappa shape index (κ1) is 28.9. The van der Waals surface area contributed by atoms with Crippen LogP contribution >= 0.6 is 0 Å². The third-order valence-electron chi connectivity index (χ3n) is 5.79. The summed E-state index contributed by atoms with van der Waals surface area (Å²) in [6.45, 7) is 16.7. The molecule has 0 aliphatic rings. The molecule has 0 fully saturated rings. The topological polar surface area (TPSA) is 71.1 Å². The molecule has 0 saturated carbocycles. The molecule has 7 heteroatoms. The summed E-state index contributed by atoms with van der Waals surface area (Å²) in [4.78, 5) is 23.4. The second-order valence-corrected chi connectivity index (χ2v) is 9.14. The zero-order valence-electron chi connectivity index (χ0n) is 22.9. The molecule has 0 atom stereocenters. The van der Waals surface area contributed by atoms with Gasteiger partial charge in [-0.2, -0.15) is 0 Å². The van der Waals surface area contributed by atoms with E-state index in [0.717, 1.165) is 16.3 Å². The predicted molar refractivity (Wildman–Crippen MR) is 149 cm³/mol. The van der Waals surface area contributed by atoms with Gasteiger partial charge in [0.05, 0.1) is 0 Å². The van der Waals surface area contributed by atoms with Gasteiger partial charge in [0.25, 0.3) is 0 Å². The second kappa shape index (κ2) is 12.3. The van der Waals surface area contributed by atoms with Gasteiger partial charge in [0.1, 0.15) is 28.8 Å². The molecule has 3 rings (SSSR count). The summed E-state index contributed by atoms with van der Waals surface area (Å²) in [6, 6.07) is 16.0. The molecule has 202 valence electrons. The fourth-order valence-electron chi connectivity index (χ4n) is 3.31. The molecule has 6 nitrogen and oxygen atoms in total. The monoisotopic (exact) mass is 530 g/mol. The van der Waals surface area contributed by atoms with Crippen LogP contribution in [0.4, 0.5) is 4.39 Å². The van der Waals surface area contributed by atoms with Crippen LogP contribution in [0.3, 0.4) is 0 Å². The third-order valence-corrected chi connectivity index (χ3v) is 5.79. The molecule has 0 aromatic heterocycles. The van der Waals surface area contributed by atoms with Crippen molar-refractivity contribution in [1.29, 1.82) is 0 Å². The number of rotatable bonds is 9. The lowest BCUT2D eigenvalue weighted by molar-refractivity contribution is -0.136. The van der Waals surface area contributed by atoms with Crippen molar-refractivity contribution in [2.75, 3.05) is 0 Å². The maximum Gasteiger partial charge on any atom is 0.338 e. The SMILES string of the molecule is C=C(C)C(=O)O/C(C)=C(\C)Oc1ccc2cc(-c3ccc(O/C(C)=C(\C)OC(=O)C(=C)C)c(F)c3)ccc2c1. The molecule has 39 heavy (non-hydrogen) atoms. The Morgan fingerprint density at radius 2 is 1.10 bits per heavy atom. The summed E-state index contributed by atoms with van der Waals surface area (Å²) >= 11 is 0. The number of hydrogen-bond acceptors (Lipinski definition) is 6. The Morgan fingerprint density at radius 1 is 0.615 bits per heavy atom. The van der Waals surface area contributed by atoms with E-state index in [0.29, 0.717) is 28.4 Å². The molecule has 0 amide bonds. The van der Waals surface area contributed by atoms with Crippen LogP contribution in [0.1, 0.15) is 41.5 Å². The largest absolute Gasteiger partial charge is 0.458 e. The normalized spacial score (nSPS) is 12.2. The zero-order chi connectivity index (χ0) is 28.9. The van der Waals surface area contributed by atoms with Crippen LogP contribution in [0, 0.1) is 5.82 Å². The minimum absolute atomic E-state index is 0.0113. The quantitative estimate of drug-likeness (QED) is 0.158. The molecule has 3 aromatic rings. The number of hydrogen-bond donors (Lipinski definition) is 0. The maximum atomic E-state index is 14.9. The van der Waals surface area contributed by atoms with Crippen LogP contribution in [0.15, 0.2) is 102 Å². The lowest BCUT2D eigenvalue weighted by atomic mass is 10.0. The molecule has 0 aliphatic heterocycles. The van der Waals surface area contributed by atoms with Crippen molar-refractivity contribution in [2.24, 2.45) is 0 Å². The summed E-state index contributed by atoms with van der Waals surface area (Å²) < 4.78 is 36.7. The predicted octanol–water partition coefficient (Wildman–Crippen LogP) is 8.14. The first-order valence-electron chi connectivity index (χ1n) is 12.2. The van der Waals surface area contributed by atoms with Gasteiger partial charge in [-0.15, -0.1) is 0 Å². The minimum atomic E-state index is -0.577. The highest BCUT2D eigenvalue weighted by atomic mass is 19.1. The van der Waals surface area contributed by atoms with Crippen LogP contribution in [-0.2, 0) is 19.1 Å². The summed E-state index contributed by atoms with van der Waals surface area (Å²) in [5.74, 6) is 0.229. The van der Waals surface area contributed by atoms with Gasteiger partial charge in [0, 0.05) is 11.1 Å². The third kappa shape index (κ3) is 7.45. The molecule has 0 saturated heterocycles. The van der Waals surface area contributed by atoms with Gasteiger partial charge in [-0.05, 0) is 93.8 Å². The van der Waals surface area contributed by atoms with Crippen LogP contribution < -0.4 is 9.47 Å². The highest BCUT2D eigenvalue weighted by molar-refractivity contribution is 5.89. The van der Waals surface area contributed by atoms with Gasteiger partial charge in [-0.25, -0.2) is 14.0 Å². The Bertz CT molecular complexity index is 1540. The van der Waals surface area contributed by atoms with E-state index >= 15 is 0 Å². The number of carbonyl (C=O) groups is 2. The number of allylic oxidation sites excluding steroid dienone is 4. The molecular weight excluding hydrogens is 499 g/mol. The van der Waals surface area contributed by atoms with Crippen molar-refractivity contribution < 1.29 is 32.9 Å². The van der Waals surface area contributed by atoms with Crippen molar-refractivity contribution in [3.05, 3.63) is 108 Å². The number of ether oxygens (including phenoxy) is 4. The van der Waals surface area contributed by atoms with Crippen LogP contribution in [0.25, 0.3) is 21.9 Å². The molecule has 0 aliphatic carbocycles. The van der Waals surface area contributed by atoms with Crippen LogP contribution in [-0.4, -0.2) is 11.9 Å². The van der Waals surface area contributed by atoms with Gasteiger partial charge >= 0.3 is 11.9 Å². The average Bonchev–Trinajstić information content (AvgIpc) is 2.89. The highest BCUT2D eigenvalue weighted by Gasteiger charge is 2.13. The summed E-state index contributed by atoms with van der Waals surface area (Å²) in [7, 11) is 0. The Kier molecular flexibility index (Phi) is 9.09. The molecule has 3 aromatic carbocycles. The molecule has 0 bridgehead atoms. The zero-order valence-corrected chi connectivity index (χ0v) is 22.9. The first-order valence-corrected chi connectivity index (χ1v) is 12.2. The number of halogens is 1. The highest BCUT2D eigenvalue weighted by Crippen LogP contribution is 2.31. The van der Waals surface area contributed by atoms with E-state index in [9.17, 15) is 14.0 Å². The number of esters is 2. The Labute approximate surface area is 227 Å². The van der Waals surface area contributed by atoms with E-state index in [4.69, 9.17) is 18.9 Å². The van der Waals surface area contributed by atoms with Gasteiger partial charge in [-0.1, -0.05) is 37.4 Å². The minimum Gasteiger partial charge on any atom is -0.458 e. The van der Waals surface area contributed by atoms with E-state index in [1.807, 2.05) is 30.3 Å². The van der Waals surface area contributed by atoms with Crippen molar-refractivity contribution in [2.45, 2.75) is 41.5 Å². The Balaban J connectivity index is 1.78. The molecule has 0 radical (unpaired) electrons. The smallest absolute Gasteiger partial charge is 0.338 e. The molecule has 0 spiro atoms. The van der Waals surface area contributed by atoms with Crippen LogP contribution in [0.5, 0.6) is 11.5 Å². The summed E-state index contributed by atoms with van der Waals surface area (Å²) in [5, 5.41) is 1.85. The summed E-state index contributed by atoms with van der Waals surface area (Å²) in [5.41, 5.74) is 2.04. The van der Waals surface area contributed by atoms with Gasteiger partial charge in [0.15, 0.2) is 11.6 Å². The molecule has 0 unspecified atom stereocenters. The van der Waals surface area contributed by atoms with Crippen molar-refractivity contribution in [1.82, 2.24) is 0 Å². The fraction of sp³-hybridized carbons (Fsp3) is 0.188. The summed E-state index contributed by atoms with van der Waals surface area (Å²) in [6.07, 6.45) is 0. The molecular formula is C32H31FO6. The van der Waals surface area contributed by atoms with Gasteiger partial charge < -0.3 is 18.9 Å². The number of carbonyl (C=O) groups excluding carboxylic acids is 2. The molecule has 0 heterocycles. The molecule has 0 N–H and O–H groups in total. The van der Waals surface area contributed by atoms with E-state index in [2.05, 4.69) is 13.2 Å². The van der Waals surface area contributed by atoms with E-state index in [-0.39, 0.29) is 22.8 Å². The van der Waals surface area contributed by atoms with E-state index in [1.165, 1.54) is 19.1 Å². The standard InChI is InChI=1S/C32H31FO6/c1-18(2)31(34)38-22(7)20(5)36-28-13-11-25-15-24(9-10-26(25)16-28)27-12-14-30(29(33)17-27)37-21(6)23(8)39-32(35)19(3)4/h9-17H,1,3H2,2,4-8H3/b22-20+,23-21+. The Hall–Kier alpha value is -4.65. The fourth-order valence-corrected chi connectivity index (χ4v) is 3.31. The number of fused-ring (bicyclic) bond motifs is 1. The maximum absolute atomic E-state index is 14.9. The van der Waals surface area contributed by atoms with Crippen molar-refractivity contribution in [3.8, 4) is 22.6 Å².